The Morgan fingerprint density at radius 1 is 0.818 bits per heavy atom. The maximum atomic E-state index is 5.20. The Morgan fingerprint density at radius 2 is 1.45 bits per heavy atom. The lowest BCUT2D eigenvalue weighted by molar-refractivity contribution is 0.415. The zero-order chi connectivity index (χ0) is 16.1. The van der Waals surface area contributed by atoms with Crippen LogP contribution < -0.4 is 4.74 Å². The fourth-order valence-electron chi connectivity index (χ4n) is 2.63. The van der Waals surface area contributed by atoms with E-state index in [0.29, 0.717) is 0 Å². The molecule has 0 saturated carbocycles. The highest BCUT2D eigenvalue weighted by atomic mass is 16.5. The summed E-state index contributed by atoms with van der Waals surface area (Å²) in [7, 11) is 1.70. The van der Waals surface area contributed by atoms with Crippen molar-refractivity contribution >= 4 is 10.8 Å². The van der Waals surface area contributed by atoms with Gasteiger partial charge in [0.1, 0.15) is 5.75 Å². The molecule has 2 aromatic carbocycles. The third kappa shape index (κ3) is 4.08. The van der Waals surface area contributed by atoms with Gasteiger partial charge in [0, 0.05) is 11.4 Å². The molecular weight excluding hydrogens is 270 g/mol. The number of pyridine rings is 1. The summed E-state index contributed by atoms with van der Waals surface area (Å²) in [4.78, 5) is 4.23. The molecular formula is C20H23NO. The molecule has 0 aliphatic carbocycles. The van der Waals surface area contributed by atoms with Crippen LogP contribution in [0.5, 0.6) is 5.75 Å². The third-order valence-corrected chi connectivity index (χ3v) is 3.50. The van der Waals surface area contributed by atoms with Crippen LogP contribution in [0.15, 0.2) is 48.5 Å². The van der Waals surface area contributed by atoms with E-state index in [4.69, 9.17) is 4.74 Å². The summed E-state index contributed by atoms with van der Waals surface area (Å²) in [5.74, 6) is 0.927. The SMILES string of the molecule is COc1cc(C)c2ccccc2c1.Cc1cc(C)nc(C)c1. The zero-order valence-electron chi connectivity index (χ0n) is 14.0. The Morgan fingerprint density at radius 3 is 2.05 bits per heavy atom. The van der Waals surface area contributed by atoms with Crippen molar-refractivity contribution in [1.82, 2.24) is 4.98 Å². The molecule has 2 nitrogen and oxygen atoms in total. The van der Waals surface area contributed by atoms with Gasteiger partial charge in [0.25, 0.3) is 0 Å². The number of benzene rings is 2. The highest BCUT2D eigenvalue weighted by molar-refractivity contribution is 5.86. The zero-order valence-corrected chi connectivity index (χ0v) is 14.0. The Kier molecular flexibility index (Phi) is 5.16. The average molecular weight is 293 g/mol. The molecule has 0 fully saturated rings. The van der Waals surface area contributed by atoms with Crippen molar-refractivity contribution in [2.24, 2.45) is 0 Å². The smallest absolute Gasteiger partial charge is 0.119 e. The molecule has 0 unspecified atom stereocenters. The quantitative estimate of drug-likeness (QED) is 0.618. The summed E-state index contributed by atoms with van der Waals surface area (Å²) in [6, 6.07) is 16.6. The van der Waals surface area contributed by atoms with Crippen molar-refractivity contribution in [3.05, 3.63) is 71.0 Å². The molecule has 0 bridgehead atoms. The van der Waals surface area contributed by atoms with Crippen LogP contribution in [0.3, 0.4) is 0 Å². The third-order valence-electron chi connectivity index (χ3n) is 3.50. The van der Waals surface area contributed by atoms with E-state index in [9.17, 15) is 0 Å². The van der Waals surface area contributed by atoms with Crippen molar-refractivity contribution in [3.8, 4) is 5.75 Å². The molecule has 0 N–H and O–H groups in total. The van der Waals surface area contributed by atoms with E-state index in [1.807, 2.05) is 19.9 Å². The Hall–Kier alpha value is -2.35. The molecule has 2 heteroatoms. The first-order valence-corrected chi connectivity index (χ1v) is 7.45. The second-order valence-electron chi connectivity index (χ2n) is 5.59. The van der Waals surface area contributed by atoms with Gasteiger partial charge >= 0.3 is 0 Å². The lowest BCUT2D eigenvalue weighted by Crippen LogP contribution is -1.85. The monoisotopic (exact) mass is 293 g/mol. The van der Waals surface area contributed by atoms with E-state index in [0.717, 1.165) is 17.1 Å². The lowest BCUT2D eigenvalue weighted by Gasteiger charge is -2.05. The van der Waals surface area contributed by atoms with Crippen LogP contribution >= 0.6 is 0 Å². The first-order chi connectivity index (χ1) is 10.5. The van der Waals surface area contributed by atoms with Gasteiger partial charge in [0.2, 0.25) is 0 Å². The van der Waals surface area contributed by atoms with Crippen LogP contribution in [0.2, 0.25) is 0 Å². The molecule has 0 atom stereocenters. The largest absolute Gasteiger partial charge is 0.497 e. The molecule has 1 aromatic heterocycles. The van der Waals surface area contributed by atoms with Gasteiger partial charge in [-0.25, -0.2) is 0 Å². The minimum Gasteiger partial charge on any atom is -0.497 e. The summed E-state index contributed by atoms with van der Waals surface area (Å²) < 4.78 is 5.20. The number of hydrogen-bond donors (Lipinski definition) is 0. The summed E-state index contributed by atoms with van der Waals surface area (Å²) in [6.07, 6.45) is 0. The van der Waals surface area contributed by atoms with Crippen LogP contribution in [-0.4, -0.2) is 12.1 Å². The number of methoxy groups -OCH3 is 1. The van der Waals surface area contributed by atoms with Gasteiger partial charge in [-0.05, 0) is 73.9 Å². The van der Waals surface area contributed by atoms with Gasteiger partial charge in [-0.15, -0.1) is 0 Å². The number of ether oxygens (including phenoxy) is 1. The molecule has 0 aliphatic rings. The van der Waals surface area contributed by atoms with Crippen molar-refractivity contribution < 1.29 is 4.74 Å². The van der Waals surface area contributed by atoms with Crippen molar-refractivity contribution in [2.45, 2.75) is 27.7 Å². The normalized spacial score (nSPS) is 10.0. The number of aromatic nitrogens is 1. The van der Waals surface area contributed by atoms with E-state index in [1.165, 1.54) is 21.9 Å². The summed E-state index contributed by atoms with van der Waals surface area (Å²) in [5.41, 5.74) is 4.76. The van der Waals surface area contributed by atoms with E-state index >= 15 is 0 Å². The summed E-state index contributed by atoms with van der Waals surface area (Å²) in [6.45, 7) is 8.21. The fourth-order valence-corrected chi connectivity index (χ4v) is 2.63. The molecule has 0 radical (unpaired) electrons. The molecule has 0 amide bonds. The summed E-state index contributed by atoms with van der Waals surface area (Å²) >= 11 is 0. The number of nitrogens with zero attached hydrogens (tertiary/aromatic N) is 1. The first-order valence-electron chi connectivity index (χ1n) is 7.45. The van der Waals surface area contributed by atoms with Gasteiger partial charge < -0.3 is 4.74 Å². The van der Waals surface area contributed by atoms with E-state index in [1.54, 1.807) is 7.11 Å². The second kappa shape index (κ2) is 7.08. The number of rotatable bonds is 1. The van der Waals surface area contributed by atoms with Gasteiger partial charge in [0.15, 0.2) is 0 Å². The average Bonchev–Trinajstić information content (AvgIpc) is 2.46. The van der Waals surface area contributed by atoms with Crippen LogP contribution in [-0.2, 0) is 0 Å². The first kappa shape index (κ1) is 16.0. The van der Waals surface area contributed by atoms with Gasteiger partial charge in [-0.2, -0.15) is 0 Å². The molecule has 22 heavy (non-hydrogen) atoms. The van der Waals surface area contributed by atoms with Crippen LogP contribution in [0.25, 0.3) is 10.8 Å². The Bertz CT molecular complexity index is 727. The fraction of sp³-hybridized carbons (Fsp3) is 0.250. The number of fused-ring (bicyclic) bond motifs is 1. The lowest BCUT2D eigenvalue weighted by atomic mass is 10.1. The predicted molar refractivity (Wildman–Crippen MR) is 93.7 cm³/mol. The number of aryl methyl sites for hydroxylation is 4. The molecule has 1 heterocycles. The molecule has 0 aliphatic heterocycles. The Labute approximate surface area is 132 Å². The highest BCUT2D eigenvalue weighted by Crippen LogP contribution is 2.24. The minimum absolute atomic E-state index is 0.927. The molecule has 3 aromatic rings. The predicted octanol–water partition coefficient (Wildman–Crippen LogP) is 5.16. The standard InChI is InChI=1S/C12H12O.C8H11N/c1-9-7-11(13-2)8-10-5-3-4-6-12(9)10;1-6-4-7(2)9-8(3)5-6/h3-8H,1-2H3;4-5H,1-3H3. The molecule has 3 rings (SSSR count). The van der Waals surface area contributed by atoms with Crippen LogP contribution in [0.4, 0.5) is 0 Å². The minimum atomic E-state index is 0.927. The van der Waals surface area contributed by atoms with Crippen molar-refractivity contribution in [3.63, 3.8) is 0 Å². The number of hydrogen-bond acceptors (Lipinski definition) is 2. The topological polar surface area (TPSA) is 22.1 Å². The van der Waals surface area contributed by atoms with Gasteiger partial charge in [0.05, 0.1) is 7.11 Å². The van der Waals surface area contributed by atoms with Gasteiger partial charge in [-0.3, -0.25) is 4.98 Å². The molecule has 0 spiro atoms. The van der Waals surface area contributed by atoms with Gasteiger partial charge in [-0.1, -0.05) is 24.3 Å². The van der Waals surface area contributed by atoms with E-state index < -0.39 is 0 Å². The molecule has 0 saturated heterocycles. The maximum absolute atomic E-state index is 5.20. The van der Waals surface area contributed by atoms with Crippen LogP contribution in [0, 0.1) is 27.7 Å². The van der Waals surface area contributed by atoms with Crippen molar-refractivity contribution in [2.75, 3.05) is 7.11 Å². The van der Waals surface area contributed by atoms with E-state index in [-0.39, 0.29) is 0 Å². The Balaban J connectivity index is 0.000000172. The van der Waals surface area contributed by atoms with Crippen molar-refractivity contribution in [1.29, 1.82) is 0 Å². The maximum Gasteiger partial charge on any atom is 0.119 e. The highest BCUT2D eigenvalue weighted by Gasteiger charge is 1.99. The summed E-state index contributed by atoms with van der Waals surface area (Å²) in [5, 5.41) is 2.53. The van der Waals surface area contributed by atoms with Crippen LogP contribution in [0.1, 0.15) is 22.5 Å². The van der Waals surface area contributed by atoms with E-state index in [2.05, 4.69) is 61.3 Å². The molecule has 114 valence electrons. The second-order valence-corrected chi connectivity index (χ2v) is 5.59.